The quantitative estimate of drug-likeness (QED) is 0.550. The van der Waals surface area contributed by atoms with Gasteiger partial charge in [-0.2, -0.15) is 0 Å². The van der Waals surface area contributed by atoms with Gasteiger partial charge in [0.25, 0.3) is 0 Å². The van der Waals surface area contributed by atoms with Crippen molar-refractivity contribution >= 4 is 11.8 Å². The Balaban J connectivity index is 2.06. The molecule has 2 rings (SSSR count). The Labute approximate surface area is 76.2 Å². The summed E-state index contributed by atoms with van der Waals surface area (Å²) >= 11 is 0. The van der Waals surface area contributed by atoms with E-state index in [9.17, 15) is 9.59 Å². The van der Waals surface area contributed by atoms with Gasteiger partial charge in [-0.1, -0.05) is 0 Å². The second kappa shape index (κ2) is 2.80. The number of carbonyl (C=O) groups is 2. The van der Waals surface area contributed by atoms with Crippen molar-refractivity contribution in [2.75, 3.05) is 13.7 Å². The Hall–Kier alpha value is -0.900. The lowest BCUT2D eigenvalue weighted by atomic mass is 9.91. The fourth-order valence-electron chi connectivity index (χ4n) is 2.06. The van der Waals surface area contributed by atoms with E-state index in [1.807, 2.05) is 0 Å². The Kier molecular flexibility index (Phi) is 1.87. The minimum Gasteiger partial charge on any atom is -0.469 e. The second-order valence-corrected chi connectivity index (χ2v) is 3.64. The summed E-state index contributed by atoms with van der Waals surface area (Å²) < 4.78 is 9.86. The third kappa shape index (κ3) is 1.16. The van der Waals surface area contributed by atoms with E-state index in [0.29, 0.717) is 13.0 Å². The summed E-state index contributed by atoms with van der Waals surface area (Å²) in [6.07, 6.45) is 1.56. The van der Waals surface area contributed by atoms with Crippen LogP contribution in [0.2, 0.25) is 0 Å². The molecular formula is C9H12O4. The van der Waals surface area contributed by atoms with Gasteiger partial charge in [-0.15, -0.1) is 0 Å². The number of hydrogen-bond donors (Lipinski definition) is 0. The van der Waals surface area contributed by atoms with Gasteiger partial charge in [-0.25, -0.2) is 0 Å². The van der Waals surface area contributed by atoms with Gasteiger partial charge >= 0.3 is 5.97 Å². The molecule has 72 valence electrons. The van der Waals surface area contributed by atoms with Crippen molar-refractivity contribution in [1.82, 2.24) is 0 Å². The van der Waals surface area contributed by atoms with Crippen LogP contribution in [0.25, 0.3) is 0 Å². The number of ether oxygens (including phenoxy) is 2. The zero-order chi connectivity index (χ0) is 9.47. The Morgan fingerprint density at radius 1 is 1.69 bits per heavy atom. The molecule has 0 N–H and O–H groups in total. The predicted octanol–water partition coefficient (Wildman–Crippen LogP) is 0.298. The third-order valence-corrected chi connectivity index (χ3v) is 2.93. The first-order valence-electron chi connectivity index (χ1n) is 4.43. The van der Waals surface area contributed by atoms with Gasteiger partial charge in [-0.3, -0.25) is 9.59 Å². The molecule has 1 saturated heterocycles. The third-order valence-electron chi connectivity index (χ3n) is 2.93. The Morgan fingerprint density at radius 3 is 2.77 bits per heavy atom. The minimum absolute atomic E-state index is 0.0640. The maximum absolute atomic E-state index is 11.5. The lowest BCUT2D eigenvalue weighted by molar-refractivity contribution is -0.169. The summed E-state index contributed by atoms with van der Waals surface area (Å²) in [5.41, 5.74) is -0.612. The van der Waals surface area contributed by atoms with Gasteiger partial charge in [0, 0.05) is 12.8 Å². The van der Waals surface area contributed by atoms with E-state index in [1.165, 1.54) is 7.11 Å². The van der Waals surface area contributed by atoms with Crippen LogP contribution in [0.15, 0.2) is 0 Å². The molecule has 13 heavy (non-hydrogen) atoms. The highest BCUT2D eigenvalue weighted by Gasteiger charge is 2.54. The Bertz CT molecular complexity index is 254. The van der Waals surface area contributed by atoms with Gasteiger partial charge < -0.3 is 9.47 Å². The molecule has 1 saturated carbocycles. The SMILES string of the molecule is COC(=O)C1CC(=O)C2(CCO2)C1. The topological polar surface area (TPSA) is 52.6 Å². The first-order valence-corrected chi connectivity index (χ1v) is 4.43. The van der Waals surface area contributed by atoms with Crippen molar-refractivity contribution in [2.24, 2.45) is 5.92 Å². The van der Waals surface area contributed by atoms with Crippen LogP contribution in [0.3, 0.4) is 0 Å². The second-order valence-electron chi connectivity index (χ2n) is 3.64. The molecule has 0 aromatic carbocycles. The first kappa shape index (κ1) is 8.69. The average Bonchev–Trinajstić information content (AvgIpc) is 2.41. The van der Waals surface area contributed by atoms with Crippen LogP contribution in [-0.2, 0) is 19.1 Å². The van der Waals surface area contributed by atoms with Crippen LogP contribution < -0.4 is 0 Å². The van der Waals surface area contributed by atoms with Gasteiger partial charge in [0.05, 0.1) is 19.6 Å². The van der Waals surface area contributed by atoms with E-state index in [1.54, 1.807) is 0 Å². The Morgan fingerprint density at radius 2 is 2.38 bits per heavy atom. The van der Waals surface area contributed by atoms with Crippen LogP contribution >= 0.6 is 0 Å². The fraction of sp³-hybridized carbons (Fsp3) is 0.778. The van der Waals surface area contributed by atoms with Crippen LogP contribution in [-0.4, -0.2) is 31.1 Å². The molecule has 0 aromatic heterocycles. The van der Waals surface area contributed by atoms with E-state index in [-0.39, 0.29) is 24.1 Å². The van der Waals surface area contributed by atoms with E-state index in [0.717, 1.165) is 6.42 Å². The minimum atomic E-state index is -0.612. The summed E-state index contributed by atoms with van der Waals surface area (Å²) in [5.74, 6) is -0.507. The molecule has 2 atom stereocenters. The largest absolute Gasteiger partial charge is 0.469 e. The number of carbonyl (C=O) groups excluding carboxylic acids is 2. The molecule has 0 radical (unpaired) electrons. The van der Waals surface area contributed by atoms with E-state index in [2.05, 4.69) is 4.74 Å². The van der Waals surface area contributed by atoms with Gasteiger partial charge in [0.1, 0.15) is 5.60 Å². The molecule has 4 heteroatoms. The molecule has 0 aromatic rings. The predicted molar refractivity (Wildman–Crippen MR) is 43.0 cm³/mol. The summed E-state index contributed by atoms with van der Waals surface area (Å²) in [5, 5.41) is 0. The van der Waals surface area contributed by atoms with Crippen LogP contribution in [0.4, 0.5) is 0 Å². The number of Topliss-reactive ketones (excluding diaryl/α,β-unsaturated/α-hetero) is 1. The normalized spacial score (nSPS) is 37.6. The maximum Gasteiger partial charge on any atom is 0.309 e. The lowest BCUT2D eigenvalue weighted by Crippen LogP contribution is -2.47. The molecule has 2 unspecified atom stereocenters. The summed E-state index contributed by atoms with van der Waals surface area (Å²) in [6.45, 7) is 0.639. The van der Waals surface area contributed by atoms with E-state index in [4.69, 9.17) is 4.74 Å². The standard InChI is InChI=1S/C9H12O4/c1-12-8(11)6-4-7(10)9(5-6)2-3-13-9/h6H,2-5H2,1H3. The highest BCUT2D eigenvalue weighted by atomic mass is 16.5. The molecule has 0 amide bonds. The lowest BCUT2D eigenvalue weighted by Gasteiger charge is -2.36. The number of ketones is 1. The summed E-state index contributed by atoms with van der Waals surface area (Å²) in [7, 11) is 1.35. The maximum atomic E-state index is 11.5. The molecule has 2 fully saturated rings. The van der Waals surface area contributed by atoms with Crippen molar-refractivity contribution in [3.8, 4) is 0 Å². The molecule has 1 aliphatic carbocycles. The molecular weight excluding hydrogens is 172 g/mol. The zero-order valence-electron chi connectivity index (χ0n) is 7.54. The highest BCUT2D eigenvalue weighted by Crippen LogP contribution is 2.42. The van der Waals surface area contributed by atoms with Crippen LogP contribution in [0, 0.1) is 5.92 Å². The fourth-order valence-corrected chi connectivity index (χ4v) is 2.06. The molecule has 2 aliphatic rings. The monoisotopic (exact) mass is 184 g/mol. The van der Waals surface area contributed by atoms with E-state index >= 15 is 0 Å². The molecule has 4 nitrogen and oxygen atoms in total. The smallest absolute Gasteiger partial charge is 0.309 e. The molecule has 1 aliphatic heterocycles. The van der Waals surface area contributed by atoms with Crippen molar-refractivity contribution in [3.63, 3.8) is 0 Å². The average molecular weight is 184 g/mol. The highest BCUT2D eigenvalue weighted by molar-refractivity contribution is 5.95. The first-order chi connectivity index (χ1) is 6.18. The van der Waals surface area contributed by atoms with Gasteiger partial charge in [0.2, 0.25) is 0 Å². The van der Waals surface area contributed by atoms with E-state index < -0.39 is 5.60 Å². The number of hydrogen-bond acceptors (Lipinski definition) is 4. The van der Waals surface area contributed by atoms with Crippen LogP contribution in [0.1, 0.15) is 19.3 Å². The summed E-state index contributed by atoms with van der Waals surface area (Å²) in [6, 6.07) is 0. The molecule has 1 heterocycles. The van der Waals surface area contributed by atoms with Crippen molar-refractivity contribution < 1.29 is 19.1 Å². The van der Waals surface area contributed by atoms with Gasteiger partial charge in [-0.05, 0) is 6.42 Å². The molecule has 1 spiro atoms. The van der Waals surface area contributed by atoms with Crippen LogP contribution in [0.5, 0.6) is 0 Å². The van der Waals surface area contributed by atoms with Gasteiger partial charge in [0.15, 0.2) is 5.78 Å². The number of methoxy groups -OCH3 is 1. The van der Waals surface area contributed by atoms with Crippen molar-refractivity contribution in [1.29, 1.82) is 0 Å². The number of esters is 1. The number of rotatable bonds is 1. The van der Waals surface area contributed by atoms with Crippen molar-refractivity contribution in [2.45, 2.75) is 24.9 Å². The summed E-state index contributed by atoms with van der Waals surface area (Å²) in [4.78, 5) is 22.6. The zero-order valence-corrected chi connectivity index (χ0v) is 7.54. The van der Waals surface area contributed by atoms with Crippen molar-refractivity contribution in [3.05, 3.63) is 0 Å². The molecule has 0 bridgehead atoms.